The summed E-state index contributed by atoms with van der Waals surface area (Å²) in [5, 5.41) is 4.57. The van der Waals surface area contributed by atoms with Crippen LogP contribution >= 0.6 is 27.3 Å². The number of alkyl halides is 2. The van der Waals surface area contributed by atoms with Gasteiger partial charge in [0.2, 0.25) is 0 Å². The van der Waals surface area contributed by atoms with Crippen molar-refractivity contribution in [3.05, 3.63) is 20.8 Å². The molecule has 0 spiro atoms. The van der Waals surface area contributed by atoms with Crippen molar-refractivity contribution in [2.24, 2.45) is 0 Å². The highest BCUT2D eigenvalue weighted by molar-refractivity contribution is 9.10. The first-order valence-electron chi connectivity index (χ1n) is 5.14. The third-order valence-corrected chi connectivity index (χ3v) is 4.31. The molecule has 0 unspecified atom stereocenters. The van der Waals surface area contributed by atoms with E-state index < -0.39 is 11.8 Å². The first kappa shape index (κ1) is 12.9. The van der Waals surface area contributed by atoms with Crippen LogP contribution < -0.4 is 5.32 Å². The van der Waals surface area contributed by atoms with Gasteiger partial charge in [0.05, 0.1) is 4.88 Å². The fraction of sp³-hybridized carbons (Fsp3) is 0.500. The molecule has 2 heterocycles. The third kappa shape index (κ3) is 2.66. The predicted molar refractivity (Wildman–Crippen MR) is 65.4 cm³/mol. The second kappa shape index (κ2) is 4.99. The second-order valence-corrected chi connectivity index (χ2v) is 5.57. The number of hydrogen-bond donors (Lipinski definition) is 1. The van der Waals surface area contributed by atoms with Gasteiger partial charge >= 0.3 is 5.92 Å². The van der Waals surface area contributed by atoms with E-state index in [1.54, 1.807) is 5.38 Å². The maximum atomic E-state index is 13.9. The standard InChI is InChI=1S/C10H11BrF2N2OS/c11-7-5-8(17-6-7)10(12,13)9(16)15-3-1-14-2-4-15/h5-6,14H,1-4H2. The van der Waals surface area contributed by atoms with Crippen molar-refractivity contribution in [3.8, 4) is 0 Å². The maximum Gasteiger partial charge on any atom is 0.358 e. The van der Waals surface area contributed by atoms with Gasteiger partial charge < -0.3 is 10.2 Å². The Hall–Kier alpha value is -0.530. The number of piperazine rings is 1. The Bertz CT molecular complexity index is 418. The highest BCUT2D eigenvalue weighted by atomic mass is 79.9. The zero-order chi connectivity index (χ0) is 12.5. The number of rotatable bonds is 2. The van der Waals surface area contributed by atoms with E-state index in [0.717, 1.165) is 11.3 Å². The lowest BCUT2D eigenvalue weighted by Gasteiger charge is -2.30. The number of thiophene rings is 1. The topological polar surface area (TPSA) is 32.3 Å². The largest absolute Gasteiger partial charge is 0.358 e. The van der Waals surface area contributed by atoms with Gasteiger partial charge in [0, 0.05) is 36.0 Å². The smallest absolute Gasteiger partial charge is 0.335 e. The molecule has 0 bridgehead atoms. The van der Waals surface area contributed by atoms with Gasteiger partial charge in [-0.2, -0.15) is 8.78 Å². The van der Waals surface area contributed by atoms with E-state index >= 15 is 0 Å². The average molecular weight is 325 g/mol. The van der Waals surface area contributed by atoms with E-state index in [9.17, 15) is 13.6 Å². The Kier molecular flexibility index (Phi) is 3.79. The maximum absolute atomic E-state index is 13.9. The Morgan fingerprint density at radius 1 is 1.47 bits per heavy atom. The van der Waals surface area contributed by atoms with Crippen LogP contribution in [0.25, 0.3) is 0 Å². The van der Waals surface area contributed by atoms with Crippen LogP contribution in [-0.4, -0.2) is 37.0 Å². The van der Waals surface area contributed by atoms with Crippen LogP contribution in [-0.2, 0) is 10.7 Å². The molecule has 1 aliphatic rings. The third-order valence-electron chi connectivity index (χ3n) is 2.55. The summed E-state index contributed by atoms with van der Waals surface area (Å²) in [5.41, 5.74) is 0. The molecule has 1 aliphatic heterocycles. The molecule has 0 saturated carbocycles. The molecule has 3 nitrogen and oxygen atoms in total. The first-order chi connectivity index (χ1) is 8.01. The molecule has 7 heteroatoms. The minimum Gasteiger partial charge on any atom is -0.335 e. The summed E-state index contributed by atoms with van der Waals surface area (Å²) in [6.07, 6.45) is 0. The van der Waals surface area contributed by atoms with Gasteiger partial charge in [-0.05, 0) is 22.0 Å². The van der Waals surface area contributed by atoms with Gasteiger partial charge in [0.1, 0.15) is 0 Å². The summed E-state index contributed by atoms with van der Waals surface area (Å²) in [4.78, 5) is 12.8. The minimum absolute atomic E-state index is 0.215. The molecule has 0 aromatic carbocycles. The number of amides is 1. The van der Waals surface area contributed by atoms with Gasteiger partial charge in [0.25, 0.3) is 5.91 Å². The summed E-state index contributed by atoms with van der Waals surface area (Å²) in [5.74, 6) is -4.53. The van der Waals surface area contributed by atoms with Gasteiger partial charge in [-0.25, -0.2) is 0 Å². The fourth-order valence-corrected chi connectivity index (χ4v) is 3.05. The zero-order valence-corrected chi connectivity index (χ0v) is 11.3. The van der Waals surface area contributed by atoms with Crippen LogP contribution in [0.2, 0.25) is 0 Å². The first-order valence-corrected chi connectivity index (χ1v) is 6.81. The second-order valence-electron chi connectivity index (χ2n) is 3.75. The van der Waals surface area contributed by atoms with Gasteiger partial charge in [-0.3, -0.25) is 4.79 Å². The molecule has 1 aromatic rings. The summed E-state index contributed by atoms with van der Waals surface area (Å²) < 4.78 is 28.4. The lowest BCUT2D eigenvalue weighted by atomic mass is 10.2. The fourth-order valence-electron chi connectivity index (χ4n) is 1.65. The van der Waals surface area contributed by atoms with E-state index in [2.05, 4.69) is 21.2 Å². The molecule has 0 atom stereocenters. The van der Waals surface area contributed by atoms with Crippen molar-refractivity contribution < 1.29 is 13.6 Å². The van der Waals surface area contributed by atoms with Crippen molar-refractivity contribution in [2.75, 3.05) is 26.2 Å². The molecule has 0 radical (unpaired) electrons. The van der Waals surface area contributed by atoms with E-state index in [0.29, 0.717) is 30.7 Å². The van der Waals surface area contributed by atoms with E-state index in [1.165, 1.54) is 11.0 Å². The van der Waals surface area contributed by atoms with Crippen LogP contribution in [0.3, 0.4) is 0 Å². The Balaban J connectivity index is 2.16. The Morgan fingerprint density at radius 2 is 2.12 bits per heavy atom. The summed E-state index contributed by atoms with van der Waals surface area (Å²) >= 11 is 4.00. The number of halogens is 3. The number of nitrogens with zero attached hydrogens (tertiary/aromatic N) is 1. The Morgan fingerprint density at radius 3 is 2.65 bits per heavy atom. The number of hydrogen-bond acceptors (Lipinski definition) is 3. The summed E-state index contributed by atoms with van der Waals surface area (Å²) in [7, 11) is 0. The molecular weight excluding hydrogens is 314 g/mol. The SMILES string of the molecule is O=C(N1CCNCC1)C(F)(F)c1cc(Br)cs1. The number of carbonyl (C=O) groups is 1. The molecule has 1 saturated heterocycles. The van der Waals surface area contributed by atoms with Crippen molar-refractivity contribution >= 4 is 33.2 Å². The van der Waals surface area contributed by atoms with Gasteiger partial charge in [-0.1, -0.05) is 0 Å². The molecule has 0 aliphatic carbocycles. The van der Waals surface area contributed by atoms with E-state index in [1.807, 2.05) is 0 Å². The van der Waals surface area contributed by atoms with Crippen LogP contribution in [0.4, 0.5) is 8.78 Å². The minimum atomic E-state index is -3.42. The van der Waals surface area contributed by atoms with Gasteiger partial charge in [-0.15, -0.1) is 11.3 Å². The van der Waals surface area contributed by atoms with Crippen molar-refractivity contribution in [3.63, 3.8) is 0 Å². The lowest BCUT2D eigenvalue weighted by Crippen LogP contribution is -2.50. The number of nitrogens with one attached hydrogen (secondary N) is 1. The highest BCUT2D eigenvalue weighted by Crippen LogP contribution is 2.36. The molecule has 1 amide bonds. The highest BCUT2D eigenvalue weighted by Gasteiger charge is 2.45. The molecular formula is C10H11BrF2N2OS. The average Bonchev–Trinajstić information content (AvgIpc) is 2.77. The Labute approximate surface area is 110 Å². The molecule has 1 fully saturated rings. The normalized spacial score (nSPS) is 17.2. The van der Waals surface area contributed by atoms with Crippen molar-refractivity contribution in [1.29, 1.82) is 0 Å². The van der Waals surface area contributed by atoms with Crippen LogP contribution in [0.15, 0.2) is 15.9 Å². The summed E-state index contributed by atoms with van der Waals surface area (Å²) in [6.45, 7) is 1.80. The van der Waals surface area contributed by atoms with Crippen LogP contribution in [0, 0.1) is 0 Å². The van der Waals surface area contributed by atoms with Crippen molar-refractivity contribution in [2.45, 2.75) is 5.92 Å². The van der Waals surface area contributed by atoms with E-state index in [-0.39, 0.29) is 4.88 Å². The molecule has 1 N–H and O–H groups in total. The van der Waals surface area contributed by atoms with Crippen LogP contribution in [0.5, 0.6) is 0 Å². The molecule has 94 valence electrons. The molecule has 2 rings (SSSR count). The monoisotopic (exact) mass is 324 g/mol. The zero-order valence-electron chi connectivity index (χ0n) is 8.88. The quantitative estimate of drug-likeness (QED) is 0.902. The van der Waals surface area contributed by atoms with Crippen LogP contribution in [0.1, 0.15) is 4.88 Å². The molecule has 17 heavy (non-hydrogen) atoms. The van der Waals surface area contributed by atoms with E-state index in [4.69, 9.17) is 0 Å². The van der Waals surface area contributed by atoms with Crippen molar-refractivity contribution in [1.82, 2.24) is 10.2 Å². The predicted octanol–water partition coefficient (Wildman–Crippen LogP) is 2.03. The van der Waals surface area contributed by atoms with Gasteiger partial charge in [0.15, 0.2) is 0 Å². The lowest BCUT2D eigenvalue weighted by molar-refractivity contribution is -0.159. The summed E-state index contributed by atoms with van der Waals surface area (Å²) in [6, 6.07) is 1.30. The number of carbonyl (C=O) groups excluding carboxylic acids is 1. The molecule has 1 aromatic heterocycles.